The molecule has 0 spiro atoms. The molecule has 0 saturated carbocycles. The van der Waals surface area contributed by atoms with Gasteiger partial charge in [0.2, 0.25) is 0 Å². The van der Waals surface area contributed by atoms with Gasteiger partial charge in [0.25, 0.3) is 0 Å². The zero-order valence-corrected chi connectivity index (χ0v) is 9.07. The molecule has 1 unspecified atom stereocenters. The summed E-state index contributed by atoms with van der Waals surface area (Å²) in [6.45, 7) is 5.70. The smallest absolute Gasteiger partial charge is 0.333 e. The van der Waals surface area contributed by atoms with E-state index in [0.29, 0.717) is 6.42 Å². The van der Waals surface area contributed by atoms with Crippen LogP contribution in [0.5, 0.6) is 0 Å². The summed E-state index contributed by atoms with van der Waals surface area (Å²) in [5.74, 6) is -0.261. The molecular weight excluding hydrogens is 180 g/mol. The van der Waals surface area contributed by atoms with Crippen LogP contribution in [0.1, 0.15) is 25.8 Å². The van der Waals surface area contributed by atoms with Crippen LogP contribution in [0.15, 0.2) is 12.4 Å². The maximum absolute atomic E-state index is 11.6. The molecule has 0 aliphatic heterocycles. The summed E-state index contributed by atoms with van der Waals surface area (Å²) in [5, 5.41) is 4.14. The van der Waals surface area contributed by atoms with E-state index in [9.17, 15) is 4.79 Å². The fourth-order valence-electron chi connectivity index (χ4n) is 1.30. The van der Waals surface area contributed by atoms with Crippen LogP contribution in [-0.4, -0.2) is 22.9 Å². The highest BCUT2D eigenvalue weighted by molar-refractivity contribution is 5.78. The lowest BCUT2D eigenvalue weighted by Gasteiger charge is -2.25. The SMILES string of the molecule is CCC(C)(C(=O)OC)n1cc(C)cn1. The third kappa shape index (κ3) is 1.64. The topological polar surface area (TPSA) is 44.1 Å². The van der Waals surface area contributed by atoms with Gasteiger partial charge in [0, 0.05) is 6.20 Å². The van der Waals surface area contributed by atoms with Crippen LogP contribution >= 0.6 is 0 Å². The van der Waals surface area contributed by atoms with Crippen molar-refractivity contribution < 1.29 is 9.53 Å². The number of aromatic nitrogens is 2. The molecule has 0 N–H and O–H groups in total. The number of carbonyl (C=O) groups excluding carboxylic acids is 1. The van der Waals surface area contributed by atoms with Crippen molar-refractivity contribution in [2.24, 2.45) is 0 Å². The maximum Gasteiger partial charge on any atom is 0.333 e. The second kappa shape index (κ2) is 3.82. The van der Waals surface area contributed by atoms with Crippen LogP contribution in [-0.2, 0) is 15.1 Å². The molecule has 1 atom stereocenters. The second-order valence-electron chi connectivity index (χ2n) is 3.58. The highest BCUT2D eigenvalue weighted by Gasteiger charge is 2.35. The lowest BCUT2D eigenvalue weighted by atomic mass is 10.00. The minimum absolute atomic E-state index is 0.261. The van der Waals surface area contributed by atoms with Crippen molar-refractivity contribution in [3.8, 4) is 0 Å². The standard InChI is InChI=1S/C10H16N2O2/c1-5-10(3,9(13)14-4)12-7-8(2)6-11-12/h6-7H,5H2,1-4H3. The predicted molar refractivity (Wildman–Crippen MR) is 52.9 cm³/mol. The molecule has 1 aromatic heterocycles. The average molecular weight is 196 g/mol. The number of nitrogens with zero attached hydrogens (tertiary/aromatic N) is 2. The van der Waals surface area contributed by atoms with Crippen LogP contribution in [0.4, 0.5) is 0 Å². The number of methoxy groups -OCH3 is 1. The Hall–Kier alpha value is -1.32. The van der Waals surface area contributed by atoms with Crippen LogP contribution in [0.2, 0.25) is 0 Å². The van der Waals surface area contributed by atoms with Gasteiger partial charge < -0.3 is 4.74 Å². The number of hydrogen-bond acceptors (Lipinski definition) is 3. The first-order chi connectivity index (χ1) is 6.54. The van der Waals surface area contributed by atoms with E-state index in [2.05, 4.69) is 5.10 Å². The molecule has 0 saturated heterocycles. The summed E-state index contributed by atoms with van der Waals surface area (Å²) in [7, 11) is 1.40. The number of ether oxygens (including phenoxy) is 1. The van der Waals surface area contributed by atoms with Crippen molar-refractivity contribution in [3.05, 3.63) is 18.0 Å². The Morgan fingerprint density at radius 1 is 1.71 bits per heavy atom. The Kier molecular flexibility index (Phi) is 2.93. The maximum atomic E-state index is 11.6. The number of hydrogen-bond donors (Lipinski definition) is 0. The fourth-order valence-corrected chi connectivity index (χ4v) is 1.30. The number of carbonyl (C=O) groups is 1. The van der Waals surface area contributed by atoms with Crippen LogP contribution in [0.25, 0.3) is 0 Å². The normalized spacial score (nSPS) is 14.9. The summed E-state index contributed by atoms with van der Waals surface area (Å²) >= 11 is 0. The fraction of sp³-hybridized carbons (Fsp3) is 0.600. The summed E-state index contributed by atoms with van der Waals surface area (Å²) in [6, 6.07) is 0. The Morgan fingerprint density at radius 3 is 2.71 bits per heavy atom. The first-order valence-electron chi connectivity index (χ1n) is 4.64. The minimum Gasteiger partial charge on any atom is -0.467 e. The monoisotopic (exact) mass is 196 g/mol. The van der Waals surface area contributed by atoms with Crippen molar-refractivity contribution in [1.82, 2.24) is 9.78 Å². The molecule has 0 bridgehead atoms. The highest BCUT2D eigenvalue weighted by atomic mass is 16.5. The van der Waals surface area contributed by atoms with E-state index in [4.69, 9.17) is 4.74 Å². The number of rotatable bonds is 3. The molecule has 0 fully saturated rings. The molecule has 0 aliphatic carbocycles. The summed E-state index contributed by atoms with van der Waals surface area (Å²) < 4.78 is 6.43. The van der Waals surface area contributed by atoms with Crippen LogP contribution < -0.4 is 0 Å². The minimum atomic E-state index is -0.691. The van der Waals surface area contributed by atoms with E-state index >= 15 is 0 Å². The third-order valence-electron chi connectivity index (χ3n) is 2.53. The van der Waals surface area contributed by atoms with Gasteiger partial charge in [-0.1, -0.05) is 6.92 Å². The number of esters is 1. The molecule has 0 aliphatic rings. The second-order valence-corrected chi connectivity index (χ2v) is 3.58. The largest absolute Gasteiger partial charge is 0.467 e. The van der Waals surface area contributed by atoms with Gasteiger partial charge in [-0.05, 0) is 25.8 Å². The van der Waals surface area contributed by atoms with Gasteiger partial charge in [-0.3, -0.25) is 4.68 Å². The summed E-state index contributed by atoms with van der Waals surface area (Å²) in [5.41, 5.74) is 0.344. The molecule has 0 radical (unpaired) electrons. The van der Waals surface area contributed by atoms with Gasteiger partial charge in [-0.2, -0.15) is 5.10 Å². The molecule has 0 amide bonds. The van der Waals surface area contributed by atoms with Gasteiger partial charge in [-0.15, -0.1) is 0 Å². The predicted octanol–water partition coefficient (Wildman–Crippen LogP) is 1.49. The quantitative estimate of drug-likeness (QED) is 0.688. The molecule has 1 aromatic rings. The molecule has 4 heteroatoms. The van der Waals surface area contributed by atoms with Crippen molar-refractivity contribution in [2.75, 3.05) is 7.11 Å². The van der Waals surface area contributed by atoms with Crippen LogP contribution in [0, 0.1) is 6.92 Å². The van der Waals surface area contributed by atoms with Crippen molar-refractivity contribution in [3.63, 3.8) is 0 Å². The van der Waals surface area contributed by atoms with E-state index in [1.807, 2.05) is 27.0 Å². The van der Waals surface area contributed by atoms with Gasteiger partial charge in [0.15, 0.2) is 5.54 Å². The zero-order chi connectivity index (χ0) is 10.8. The molecular formula is C10H16N2O2. The van der Waals surface area contributed by atoms with Gasteiger partial charge in [-0.25, -0.2) is 4.79 Å². The number of aryl methyl sites for hydroxylation is 1. The van der Waals surface area contributed by atoms with E-state index in [-0.39, 0.29) is 5.97 Å². The van der Waals surface area contributed by atoms with Crippen molar-refractivity contribution >= 4 is 5.97 Å². The van der Waals surface area contributed by atoms with Gasteiger partial charge in [0.1, 0.15) is 0 Å². The average Bonchev–Trinajstić information content (AvgIpc) is 2.62. The summed E-state index contributed by atoms with van der Waals surface area (Å²) in [4.78, 5) is 11.6. The Labute approximate surface area is 83.9 Å². The summed E-state index contributed by atoms with van der Waals surface area (Å²) in [6.07, 6.45) is 4.23. The molecule has 0 aromatic carbocycles. The lowest BCUT2D eigenvalue weighted by Crippen LogP contribution is -2.39. The Balaban J connectivity index is 3.07. The van der Waals surface area contributed by atoms with Gasteiger partial charge >= 0.3 is 5.97 Å². The van der Waals surface area contributed by atoms with Crippen LogP contribution in [0.3, 0.4) is 0 Å². The van der Waals surface area contributed by atoms with Crippen molar-refractivity contribution in [1.29, 1.82) is 0 Å². The highest BCUT2D eigenvalue weighted by Crippen LogP contribution is 2.21. The van der Waals surface area contributed by atoms with E-state index in [1.165, 1.54) is 7.11 Å². The van der Waals surface area contributed by atoms with Gasteiger partial charge in [0.05, 0.1) is 13.3 Å². The zero-order valence-electron chi connectivity index (χ0n) is 9.07. The molecule has 14 heavy (non-hydrogen) atoms. The molecule has 4 nitrogen and oxygen atoms in total. The Morgan fingerprint density at radius 2 is 2.36 bits per heavy atom. The van der Waals surface area contributed by atoms with Crippen molar-refractivity contribution in [2.45, 2.75) is 32.7 Å². The third-order valence-corrected chi connectivity index (χ3v) is 2.53. The van der Waals surface area contributed by atoms with E-state index < -0.39 is 5.54 Å². The van der Waals surface area contributed by atoms with E-state index in [1.54, 1.807) is 10.9 Å². The molecule has 78 valence electrons. The Bertz CT molecular complexity index is 333. The first kappa shape index (κ1) is 10.8. The molecule has 1 rings (SSSR count). The molecule has 1 heterocycles. The van der Waals surface area contributed by atoms with E-state index in [0.717, 1.165) is 5.56 Å². The lowest BCUT2D eigenvalue weighted by molar-refractivity contribution is -0.151. The first-order valence-corrected chi connectivity index (χ1v) is 4.64.